The second-order valence-electron chi connectivity index (χ2n) is 4.10. The highest BCUT2D eigenvalue weighted by molar-refractivity contribution is 5.74. The lowest BCUT2D eigenvalue weighted by molar-refractivity contribution is -0.183. The van der Waals surface area contributed by atoms with E-state index >= 15 is 0 Å². The van der Waals surface area contributed by atoms with Crippen LogP contribution in [0, 0.1) is 0 Å². The molecule has 0 spiro atoms. The molecule has 106 valence electrons. The molecule has 0 saturated carbocycles. The van der Waals surface area contributed by atoms with Gasteiger partial charge in [0.1, 0.15) is 13.2 Å². The lowest BCUT2D eigenvalue weighted by Crippen LogP contribution is -2.37. The molecule has 1 amide bonds. The maximum Gasteiger partial charge on any atom is 0.344 e. The first kappa shape index (κ1) is 13.8. The number of amides is 1. The molecule has 0 bridgehead atoms. The van der Waals surface area contributed by atoms with Crippen LogP contribution in [-0.4, -0.2) is 32.8 Å². The monoisotopic (exact) mass is 278 g/mol. The zero-order chi connectivity index (χ0) is 14.5. The lowest BCUT2D eigenvalue weighted by atomic mass is 10.2. The summed E-state index contributed by atoms with van der Waals surface area (Å²) < 4.78 is 0.755. The van der Waals surface area contributed by atoms with Crippen LogP contribution in [0.1, 0.15) is 5.56 Å². The van der Waals surface area contributed by atoms with E-state index in [-0.39, 0.29) is 13.2 Å². The number of nitrogens with one attached hydrogen (secondary N) is 2. The fraction of sp³-hybridized carbons (Fsp3) is 0.250. The van der Waals surface area contributed by atoms with Crippen molar-refractivity contribution < 1.29 is 9.63 Å². The Kier molecular flexibility index (Phi) is 4.16. The van der Waals surface area contributed by atoms with Gasteiger partial charge in [0, 0.05) is 7.05 Å². The van der Waals surface area contributed by atoms with Gasteiger partial charge in [-0.25, -0.2) is 29.4 Å². The minimum Gasteiger partial charge on any atom is -0.270 e. The van der Waals surface area contributed by atoms with E-state index in [0.29, 0.717) is 0 Å². The second-order valence-corrected chi connectivity index (χ2v) is 4.10. The number of hydrogen-bond acceptors (Lipinski definition) is 4. The molecule has 0 saturated heterocycles. The van der Waals surface area contributed by atoms with Gasteiger partial charge in [-0.05, 0) is 5.56 Å². The Morgan fingerprint density at radius 1 is 1.20 bits per heavy atom. The first-order valence-corrected chi connectivity index (χ1v) is 5.89. The Bertz CT molecular complexity index is 658. The van der Waals surface area contributed by atoms with Crippen LogP contribution in [-0.2, 0) is 22.8 Å². The van der Waals surface area contributed by atoms with E-state index in [2.05, 4.69) is 10.2 Å². The Labute approximate surface area is 113 Å². The molecule has 0 aliphatic carbocycles. The molecule has 1 aromatic carbocycles. The van der Waals surface area contributed by atoms with Crippen molar-refractivity contribution in [2.45, 2.75) is 13.2 Å². The predicted molar refractivity (Wildman–Crippen MR) is 69.7 cm³/mol. The third-order valence-electron chi connectivity index (χ3n) is 2.68. The van der Waals surface area contributed by atoms with E-state index in [4.69, 9.17) is 4.84 Å². The van der Waals surface area contributed by atoms with Gasteiger partial charge in [-0.15, -0.1) is 0 Å². The van der Waals surface area contributed by atoms with E-state index in [1.807, 2.05) is 30.3 Å². The van der Waals surface area contributed by atoms with Crippen LogP contribution in [0.25, 0.3) is 0 Å². The van der Waals surface area contributed by atoms with Crippen molar-refractivity contribution in [1.82, 2.24) is 19.8 Å². The quantitative estimate of drug-likeness (QED) is 0.717. The number of carbonyl (C=O) groups is 1. The van der Waals surface area contributed by atoms with Gasteiger partial charge in [0.25, 0.3) is 5.91 Å². The Morgan fingerprint density at radius 2 is 1.80 bits per heavy atom. The van der Waals surface area contributed by atoms with E-state index < -0.39 is 17.3 Å². The van der Waals surface area contributed by atoms with E-state index in [1.54, 1.807) is 0 Å². The molecular weight excluding hydrogens is 264 g/mol. The Balaban J connectivity index is 1.93. The van der Waals surface area contributed by atoms with E-state index in [1.165, 1.54) is 7.05 Å². The first-order valence-electron chi connectivity index (χ1n) is 5.89. The molecular formula is C12H14N4O4. The van der Waals surface area contributed by atoms with Gasteiger partial charge in [-0.2, -0.15) is 0 Å². The SMILES string of the molecule is CN(OCc1ccccc1)C(=O)Cn1c(=O)[nH][nH]c1=O. The van der Waals surface area contributed by atoms with Crippen molar-refractivity contribution in [2.24, 2.45) is 0 Å². The zero-order valence-electron chi connectivity index (χ0n) is 10.8. The average Bonchev–Trinajstić information content (AvgIpc) is 2.77. The Morgan fingerprint density at radius 3 is 2.40 bits per heavy atom. The number of H-pyrrole nitrogens is 2. The maximum absolute atomic E-state index is 11.8. The minimum absolute atomic E-state index is 0.224. The smallest absolute Gasteiger partial charge is 0.270 e. The summed E-state index contributed by atoms with van der Waals surface area (Å²) in [4.78, 5) is 39.6. The normalized spacial score (nSPS) is 10.4. The number of likely N-dealkylation sites (N-methyl/N-ethyl adjacent to an activating group) is 1. The Hall–Kier alpha value is -2.61. The number of carbonyl (C=O) groups excluding carboxylic acids is 1. The van der Waals surface area contributed by atoms with Crippen molar-refractivity contribution in [3.8, 4) is 0 Å². The molecule has 2 aromatic rings. The first-order chi connectivity index (χ1) is 9.58. The van der Waals surface area contributed by atoms with Crippen molar-refractivity contribution in [3.05, 3.63) is 56.9 Å². The number of hydroxylamine groups is 2. The van der Waals surface area contributed by atoms with Crippen molar-refractivity contribution in [2.75, 3.05) is 7.05 Å². The molecule has 0 unspecified atom stereocenters. The fourth-order valence-corrected chi connectivity index (χ4v) is 1.53. The summed E-state index contributed by atoms with van der Waals surface area (Å²) in [6.07, 6.45) is 0. The predicted octanol–water partition coefficient (Wildman–Crippen LogP) is -0.545. The second kappa shape index (κ2) is 6.02. The molecule has 0 aliphatic rings. The highest BCUT2D eigenvalue weighted by atomic mass is 16.7. The maximum atomic E-state index is 11.8. The molecule has 0 atom stereocenters. The van der Waals surface area contributed by atoms with Gasteiger partial charge in [0.2, 0.25) is 0 Å². The number of benzene rings is 1. The average molecular weight is 278 g/mol. The topological polar surface area (TPSA) is 100 Å². The van der Waals surface area contributed by atoms with Crippen molar-refractivity contribution in [3.63, 3.8) is 0 Å². The van der Waals surface area contributed by atoms with Crippen LogP contribution in [0.3, 0.4) is 0 Å². The number of nitrogens with zero attached hydrogens (tertiary/aromatic N) is 2. The number of aromatic amines is 2. The molecule has 1 aromatic heterocycles. The van der Waals surface area contributed by atoms with Gasteiger partial charge in [-0.1, -0.05) is 30.3 Å². The number of rotatable bonds is 5. The summed E-state index contributed by atoms with van der Waals surface area (Å²) >= 11 is 0. The number of aromatic nitrogens is 3. The third-order valence-corrected chi connectivity index (χ3v) is 2.68. The van der Waals surface area contributed by atoms with Crippen molar-refractivity contribution in [1.29, 1.82) is 0 Å². The van der Waals surface area contributed by atoms with Crippen LogP contribution < -0.4 is 11.4 Å². The van der Waals surface area contributed by atoms with Gasteiger partial charge in [0.05, 0.1) is 0 Å². The van der Waals surface area contributed by atoms with Crippen LogP contribution in [0.4, 0.5) is 0 Å². The minimum atomic E-state index is -0.667. The molecule has 8 nitrogen and oxygen atoms in total. The highest BCUT2D eigenvalue weighted by Gasteiger charge is 2.14. The molecule has 0 fully saturated rings. The van der Waals surface area contributed by atoms with Crippen LogP contribution in [0.15, 0.2) is 39.9 Å². The van der Waals surface area contributed by atoms with Gasteiger partial charge >= 0.3 is 11.4 Å². The summed E-state index contributed by atoms with van der Waals surface area (Å²) in [5.41, 5.74) is -0.427. The van der Waals surface area contributed by atoms with Crippen LogP contribution in [0.2, 0.25) is 0 Å². The van der Waals surface area contributed by atoms with Crippen LogP contribution in [0.5, 0.6) is 0 Å². The fourth-order valence-electron chi connectivity index (χ4n) is 1.53. The molecule has 8 heteroatoms. The summed E-state index contributed by atoms with van der Waals surface area (Å²) in [6.45, 7) is -0.162. The summed E-state index contributed by atoms with van der Waals surface area (Å²) in [6, 6.07) is 9.32. The van der Waals surface area contributed by atoms with E-state index in [0.717, 1.165) is 15.2 Å². The zero-order valence-corrected chi connectivity index (χ0v) is 10.8. The summed E-state index contributed by atoms with van der Waals surface area (Å²) in [5.74, 6) is -0.506. The molecule has 1 heterocycles. The molecule has 2 rings (SSSR count). The van der Waals surface area contributed by atoms with Crippen LogP contribution >= 0.6 is 0 Å². The summed E-state index contributed by atoms with van der Waals surface area (Å²) in [7, 11) is 1.43. The van der Waals surface area contributed by atoms with Gasteiger partial charge in [-0.3, -0.25) is 9.63 Å². The third kappa shape index (κ3) is 3.23. The van der Waals surface area contributed by atoms with Crippen molar-refractivity contribution >= 4 is 5.91 Å². The largest absolute Gasteiger partial charge is 0.344 e. The highest BCUT2D eigenvalue weighted by Crippen LogP contribution is 2.02. The van der Waals surface area contributed by atoms with Gasteiger partial charge < -0.3 is 0 Å². The van der Waals surface area contributed by atoms with E-state index in [9.17, 15) is 14.4 Å². The van der Waals surface area contributed by atoms with Gasteiger partial charge in [0.15, 0.2) is 0 Å². The molecule has 20 heavy (non-hydrogen) atoms. The standard InChI is InChI=1S/C12H14N4O4/c1-15(20-8-9-5-3-2-4-6-9)10(17)7-16-11(18)13-14-12(16)19/h2-6H,7-8H2,1H3,(H,13,18)(H,14,19). The number of hydrogen-bond donors (Lipinski definition) is 2. The molecule has 2 N–H and O–H groups in total. The molecule has 0 radical (unpaired) electrons. The lowest BCUT2D eigenvalue weighted by Gasteiger charge is -2.16. The molecule has 0 aliphatic heterocycles. The summed E-state index contributed by atoms with van der Waals surface area (Å²) in [5, 5.41) is 5.20.